The molecule has 0 atom stereocenters. The van der Waals surface area contributed by atoms with E-state index in [0.29, 0.717) is 6.42 Å². The first kappa shape index (κ1) is 10.9. The Bertz CT molecular complexity index is 339. The Kier molecular flexibility index (Phi) is 3.30. The van der Waals surface area contributed by atoms with Crippen LogP contribution in [0.2, 0.25) is 0 Å². The number of aryl methyl sites for hydroxylation is 1. The minimum Gasteiger partial charge on any atom is -0.320 e. The smallest absolute Gasteiger partial charge is 0.320 e. The van der Waals surface area contributed by atoms with Crippen LogP contribution in [0.5, 0.6) is 0 Å². The minimum atomic E-state index is -4.05. The van der Waals surface area contributed by atoms with Gasteiger partial charge in [-0.2, -0.15) is 0 Å². The lowest BCUT2D eigenvalue weighted by Crippen LogP contribution is -2.05. The molecular weight excluding hydrogens is 207 g/mol. The molecule has 0 fully saturated rings. The maximum Gasteiger partial charge on any atom is 0.366 e. The van der Waals surface area contributed by atoms with Crippen molar-refractivity contribution in [1.29, 1.82) is 0 Å². The monoisotopic (exact) mass is 220 g/mol. The third kappa shape index (κ3) is 2.20. The summed E-state index contributed by atoms with van der Waals surface area (Å²) in [7, 11) is -4.05. The first-order valence-corrected chi connectivity index (χ1v) is 6.65. The van der Waals surface area contributed by atoms with Crippen LogP contribution >= 0.6 is 18.9 Å². The number of hydrogen-bond acceptors (Lipinski definition) is 2. The van der Waals surface area contributed by atoms with Gasteiger partial charge in [-0.3, -0.25) is 4.57 Å². The lowest BCUT2D eigenvalue weighted by molar-refractivity contribution is 0.388. The second kappa shape index (κ2) is 3.93. The van der Waals surface area contributed by atoms with E-state index in [0.717, 1.165) is 17.5 Å². The molecule has 13 heavy (non-hydrogen) atoms. The van der Waals surface area contributed by atoms with Crippen LogP contribution in [-0.4, -0.2) is 9.79 Å². The van der Waals surface area contributed by atoms with E-state index in [1.54, 1.807) is 0 Å². The number of rotatable bonds is 3. The van der Waals surface area contributed by atoms with E-state index < -0.39 is 7.60 Å². The zero-order valence-electron chi connectivity index (χ0n) is 7.65. The number of thiophene rings is 1. The molecule has 0 amide bonds. The van der Waals surface area contributed by atoms with Gasteiger partial charge >= 0.3 is 7.60 Å². The molecule has 0 bridgehead atoms. The summed E-state index contributed by atoms with van der Waals surface area (Å²) in [5.74, 6) is 0. The van der Waals surface area contributed by atoms with Gasteiger partial charge in [0, 0.05) is 0 Å². The molecule has 1 rings (SSSR count). The molecule has 0 spiro atoms. The summed E-state index contributed by atoms with van der Waals surface area (Å²) >= 11 is 1.17. The lowest BCUT2D eigenvalue weighted by Gasteiger charge is -2.04. The highest BCUT2D eigenvalue weighted by molar-refractivity contribution is 7.67. The summed E-state index contributed by atoms with van der Waals surface area (Å²) in [4.78, 5) is 18.1. The van der Waals surface area contributed by atoms with Gasteiger partial charge in [-0.25, -0.2) is 0 Å². The van der Waals surface area contributed by atoms with E-state index in [1.165, 1.54) is 11.3 Å². The highest BCUT2D eigenvalue weighted by Gasteiger charge is 2.24. The molecule has 74 valence electrons. The molecule has 0 saturated heterocycles. The van der Waals surface area contributed by atoms with Crippen molar-refractivity contribution in [3.8, 4) is 0 Å². The highest BCUT2D eigenvalue weighted by atomic mass is 32.1. The van der Waals surface area contributed by atoms with Crippen molar-refractivity contribution in [2.75, 3.05) is 0 Å². The fourth-order valence-corrected chi connectivity index (χ4v) is 3.67. The minimum absolute atomic E-state index is 0.242. The maximum absolute atomic E-state index is 11.0. The summed E-state index contributed by atoms with van der Waals surface area (Å²) in [5, 5.41) is 1.84. The van der Waals surface area contributed by atoms with Gasteiger partial charge in [0.15, 0.2) is 0 Å². The van der Waals surface area contributed by atoms with Gasteiger partial charge in [0.05, 0.1) is 0 Å². The van der Waals surface area contributed by atoms with Crippen LogP contribution < -0.4 is 4.62 Å². The molecule has 5 heteroatoms. The Morgan fingerprint density at radius 1 is 1.38 bits per heavy atom. The third-order valence-electron chi connectivity index (χ3n) is 1.96. The van der Waals surface area contributed by atoms with Crippen molar-refractivity contribution in [3.63, 3.8) is 0 Å². The van der Waals surface area contributed by atoms with Crippen LogP contribution in [-0.2, 0) is 17.4 Å². The second-order valence-corrected chi connectivity index (χ2v) is 5.51. The average Bonchev–Trinajstić information content (AvgIpc) is 2.45. The van der Waals surface area contributed by atoms with Gasteiger partial charge < -0.3 is 9.79 Å². The van der Waals surface area contributed by atoms with Crippen LogP contribution in [0.1, 0.15) is 25.0 Å². The molecule has 1 aromatic rings. The predicted octanol–water partition coefficient (Wildman–Crippen LogP) is 1.68. The normalized spacial score (nSPS) is 12.0. The van der Waals surface area contributed by atoms with Crippen LogP contribution in [0.15, 0.2) is 5.38 Å². The Labute approximate surface area is 81.6 Å². The largest absolute Gasteiger partial charge is 0.366 e. The Morgan fingerprint density at radius 3 is 2.38 bits per heavy atom. The van der Waals surface area contributed by atoms with E-state index in [-0.39, 0.29) is 4.62 Å². The molecule has 2 N–H and O–H groups in total. The molecule has 0 saturated carbocycles. The van der Waals surface area contributed by atoms with Crippen molar-refractivity contribution >= 4 is 23.6 Å². The van der Waals surface area contributed by atoms with Crippen molar-refractivity contribution in [2.24, 2.45) is 0 Å². The molecule has 0 aromatic carbocycles. The van der Waals surface area contributed by atoms with Crippen molar-refractivity contribution in [2.45, 2.75) is 26.7 Å². The topological polar surface area (TPSA) is 57.5 Å². The quantitative estimate of drug-likeness (QED) is 0.762. The van der Waals surface area contributed by atoms with Gasteiger partial charge in [-0.1, -0.05) is 13.8 Å². The van der Waals surface area contributed by atoms with Crippen molar-refractivity contribution in [3.05, 3.63) is 16.5 Å². The van der Waals surface area contributed by atoms with Gasteiger partial charge in [-0.05, 0) is 29.3 Å². The molecule has 0 unspecified atom stereocenters. The Hall–Kier alpha value is -0.150. The van der Waals surface area contributed by atoms with Gasteiger partial charge in [0.25, 0.3) is 0 Å². The lowest BCUT2D eigenvalue weighted by atomic mass is 10.1. The van der Waals surface area contributed by atoms with Crippen LogP contribution in [0, 0.1) is 0 Å². The van der Waals surface area contributed by atoms with Crippen molar-refractivity contribution < 1.29 is 14.4 Å². The maximum atomic E-state index is 11.0. The highest BCUT2D eigenvalue weighted by Crippen LogP contribution is 2.38. The molecule has 0 aliphatic rings. The summed E-state index contributed by atoms with van der Waals surface area (Å²) < 4.78 is 11.3. The van der Waals surface area contributed by atoms with Crippen LogP contribution in [0.3, 0.4) is 0 Å². The first-order chi connectivity index (χ1) is 6.00. The fraction of sp³-hybridized carbons (Fsp3) is 0.500. The van der Waals surface area contributed by atoms with Crippen molar-refractivity contribution in [1.82, 2.24) is 0 Å². The first-order valence-electron chi connectivity index (χ1n) is 4.16. The number of hydrogen-bond donors (Lipinski definition) is 2. The summed E-state index contributed by atoms with van der Waals surface area (Å²) in [6.07, 6.45) is 1.52. The Morgan fingerprint density at radius 2 is 2.00 bits per heavy atom. The summed E-state index contributed by atoms with van der Waals surface area (Å²) in [6.45, 7) is 3.91. The molecule has 3 nitrogen and oxygen atoms in total. The van der Waals surface area contributed by atoms with Gasteiger partial charge in [0.2, 0.25) is 0 Å². The van der Waals surface area contributed by atoms with E-state index in [9.17, 15) is 4.57 Å². The van der Waals surface area contributed by atoms with E-state index in [1.807, 2.05) is 19.2 Å². The average molecular weight is 220 g/mol. The van der Waals surface area contributed by atoms with Crippen LogP contribution in [0.4, 0.5) is 0 Å². The standard InChI is InChI=1S/C8H13O3PS/c1-3-6-5-13-8(7(6)4-2)12(9,10)11/h5H,3-4H2,1-2H3,(H2,9,10,11). The molecule has 0 aliphatic heterocycles. The fourth-order valence-electron chi connectivity index (χ4n) is 1.33. The molecule has 1 heterocycles. The SMILES string of the molecule is CCc1csc(P(=O)(O)O)c1CC. The zero-order chi connectivity index (χ0) is 10.1. The summed E-state index contributed by atoms with van der Waals surface area (Å²) in [6, 6.07) is 0. The molecule has 0 radical (unpaired) electrons. The second-order valence-electron chi connectivity index (χ2n) is 2.80. The van der Waals surface area contributed by atoms with Crippen LogP contribution in [0.25, 0.3) is 0 Å². The molecular formula is C8H13O3PS. The zero-order valence-corrected chi connectivity index (χ0v) is 9.36. The van der Waals surface area contributed by atoms with E-state index in [4.69, 9.17) is 9.79 Å². The van der Waals surface area contributed by atoms with Gasteiger partial charge in [-0.15, -0.1) is 11.3 Å². The van der Waals surface area contributed by atoms with E-state index in [2.05, 4.69) is 0 Å². The third-order valence-corrected chi connectivity index (χ3v) is 4.66. The van der Waals surface area contributed by atoms with E-state index >= 15 is 0 Å². The van der Waals surface area contributed by atoms with Gasteiger partial charge in [0.1, 0.15) is 4.62 Å². The molecule has 1 aromatic heterocycles. The summed E-state index contributed by atoms with van der Waals surface area (Å²) in [5.41, 5.74) is 1.90. The Balaban J connectivity index is 3.24. The predicted molar refractivity (Wildman–Crippen MR) is 54.8 cm³/mol. The molecule has 0 aliphatic carbocycles.